The highest BCUT2D eigenvalue weighted by atomic mass is 35.5. The van der Waals surface area contributed by atoms with Crippen LogP contribution in [-0.2, 0) is 10.0 Å². The Labute approximate surface area is 129 Å². The molecule has 4 nitrogen and oxygen atoms in total. The Morgan fingerprint density at radius 3 is 2.76 bits per heavy atom. The van der Waals surface area contributed by atoms with Gasteiger partial charge in [0.05, 0.1) is 10.4 Å². The van der Waals surface area contributed by atoms with Crippen molar-refractivity contribution in [3.05, 3.63) is 47.1 Å². The van der Waals surface area contributed by atoms with Crippen LogP contribution in [0.15, 0.2) is 46.9 Å². The lowest BCUT2D eigenvalue weighted by molar-refractivity contribution is 0.431. The van der Waals surface area contributed by atoms with Crippen LogP contribution in [0.5, 0.6) is 0 Å². The molecule has 1 aromatic heterocycles. The highest BCUT2D eigenvalue weighted by Crippen LogP contribution is 2.24. The first-order chi connectivity index (χ1) is 9.96. The van der Waals surface area contributed by atoms with E-state index < -0.39 is 10.0 Å². The molecule has 1 aliphatic heterocycles. The van der Waals surface area contributed by atoms with Gasteiger partial charge in [-0.3, -0.25) is 0 Å². The predicted molar refractivity (Wildman–Crippen MR) is 83.9 cm³/mol. The van der Waals surface area contributed by atoms with Gasteiger partial charge < -0.3 is 0 Å². The van der Waals surface area contributed by atoms with Crippen molar-refractivity contribution < 1.29 is 8.42 Å². The number of fused-ring (bicyclic) bond motifs is 1. The van der Waals surface area contributed by atoms with Crippen molar-refractivity contribution in [2.75, 3.05) is 13.1 Å². The summed E-state index contributed by atoms with van der Waals surface area (Å²) in [5, 5.41) is 1.17. The molecule has 0 amide bonds. The number of nitrogens with zero attached hydrogens (tertiary/aromatic N) is 2. The molecule has 0 aliphatic carbocycles. The summed E-state index contributed by atoms with van der Waals surface area (Å²) in [5.74, 6) is 0. The molecule has 0 fully saturated rings. The van der Waals surface area contributed by atoms with Gasteiger partial charge in [-0.05, 0) is 43.7 Å². The monoisotopic (exact) mass is 322 g/mol. The van der Waals surface area contributed by atoms with Crippen LogP contribution in [0, 0.1) is 0 Å². The van der Waals surface area contributed by atoms with Crippen LogP contribution in [-0.4, -0.2) is 30.8 Å². The van der Waals surface area contributed by atoms with Crippen molar-refractivity contribution in [1.29, 1.82) is 0 Å². The lowest BCUT2D eigenvalue weighted by atomic mass is 10.1. The van der Waals surface area contributed by atoms with Crippen molar-refractivity contribution in [3.63, 3.8) is 0 Å². The molecule has 0 spiro atoms. The first-order valence-corrected chi connectivity index (χ1v) is 8.51. The van der Waals surface area contributed by atoms with Crippen molar-refractivity contribution >= 4 is 32.5 Å². The minimum absolute atomic E-state index is 0.298. The van der Waals surface area contributed by atoms with Crippen LogP contribution in [0.1, 0.15) is 13.3 Å². The van der Waals surface area contributed by atoms with Crippen molar-refractivity contribution in [1.82, 2.24) is 9.29 Å². The molecule has 3 rings (SSSR count). The summed E-state index contributed by atoms with van der Waals surface area (Å²) in [6, 6.07) is 8.38. The third-order valence-corrected chi connectivity index (χ3v) is 5.74. The number of benzene rings is 1. The molecule has 0 atom stereocenters. The van der Waals surface area contributed by atoms with E-state index in [1.165, 1.54) is 9.88 Å². The van der Waals surface area contributed by atoms with Gasteiger partial charge in [0.1, 0.15) is 5.15 Å². The Kier molecular flexibility index (Phi) is 3.73. The average Bonchev–Trinajstić information content (AvgIpc) is 2.47. The second-order valence-electron chi connectivity index (χ2n) is 5.15. The SMILES string of the molecule is CC1=CCN(S(=O)(=O)c2ccc3nc(Cl)ccc3c2)CC1. The van der Waals surface area contributed by atoms with Gasteiger partial charge in [-0.1, -0.05) is 23.3 Å². The van der Waals surface area contributed by atoms with E-state index in [-0.39, 0.29) is 0 Å². The summed E-state index contributed by atoms with van der Waals surface area (Å²) >= 11 is 5.84. The van der Waals surface area contributed by atoms with Crippen LogP contribution >= 0.6 is 11.6 Å². The third-order valence-electron chi connectivity index (χ3n) is 3.66. The third kappa shape index (κ3) is 2.81. The molecule has 1 aliphatic rings. The van der Waals surface area contributed by atoms with Crippen LogP contribution < -0.4 is 0 Å². The zero-order chi connectivity index (χ0) is 15.0. The molecule has 1 aromatic carbocycles. The summed E-state index contributed by atoms with van der Waals surface area (Å²) in [6.45, 7) is 2.99. The summed E-state index contributed by atoms with van der Waals surface area (Å²) in [7, 11) is -3.46. The molecular formula is C15H15ClN2O2S. The molecule has 0 N–H and O–H groups in total. The van der Waals surface area contributed by atoms with E-state index in [1.807, 2.05) is 13.0 Å². The fourth-order valence-corrected chi connectivity index (χ4v) is 3.93. The smallest absolute Gasteiger partial charge is 0.236 e. The van der Waals surface area contributed by atoms with Gasteiger partial charge in [0, 0.05) is 18.5 Å². The molecule has 2 aromatic rings. The normalized spacial score (nSPS) is 17.0. The van der Waals surface area contributed by atoms with Crippen LogP contribution in [0.4, 0.5) is 0 Å². The molecule has 0 radical (unpaired) electrons. The first-order valence-electron chi connectivity index (χ1n) is 6.69. The van der Waals surface area contributed by atoms with Crippen molar-refractivity contribution in [3.8, 4) is 0 Å². The fraction of sp³-hybridized carbons (Fsp3) is 0.267. The highest BCUT2D eigenvalue weighted by Gasteiger charge is 2.25. The Balaban J connectivity index is 2.01. The Morgan fingerprint density at radius 2 is 2.05 bits per heavy atom. The van der Waals surface area contributed by atoms with Crippen molar-refractivity contribution in [2.24, 2.45) is 0 Å². The molecular weight excluding hydrogens is 308 g/mol. The predicted octanol–water partition coefficient (Wildman–Crippen LogP) is 3.23. The molecule has 0 unspecified atom stereocenters. The summed E-state index contributed by atoms with van der Waals surface area (Å²) in [5.41, 5.74) is 1.93. The largest absolute Gasteiger partial charge is 0.243 e. The summed E-state index contributed by atoms with van der Waals surface area (Å²) in [6.07, 6.45) is 2.74. The Hall–Kier alpha value is -1.43. The van der Waals surface area contributed by atoms with E-state index in [0.717, 1.165) is 11.8 Å². The Bertz CT molecular complexity index is 831. The van der Waals surface area contributed by atoms with Gasteiger partial charge in [0.2, 0.25) is 10.0 Å². The molecule has 21 heavy (non-hydrogen) atoms. The number of pyridine rings is 1. The maximum Gasteiger partial charge on any atom is 0.243 e. The Morgan fingerprint density at radius 1 is 1.24 bits per heavy atom. The summed E-state index contributed by atoms with van der Waals surface area (Å²) < 4.78 is 26.8. The average molecular weight is 323 g/mol. The van der Waals surface area contributed by atoms with Gasteiger partial charge in [-0.25, -0.2) is 13.4 Å². The van der Waals surface area contributed by atoms with Crippen LogP contribution in [0.25, 0.3) is 10.9 Å². The quantitative estimate of drug-likeness (QED) is 0.630. The highest BCUT2D eigenvalue weighted by molar-refractivity contribution is 7.89. The fourth-order valence-electron chi connectivity index (χ4n) is 2.36. The number of aromatic nitrogens is 1. The van der Waals surface area contributed by atoms with E-state index in [0.29, 0.717) is 28.7 Å². The second-order valence-corrected chi connectivity index (χ2v) is 7.48. The number of hydrogen-bond donors (Lipinski definition) is 0. The molecule has 6 heteroatoms. The first kappa shape index (κ1) is 14.5. The van der Waals surface area contributed by atoms with Gasteiger partial charge in [-0.15, -0.1) is 0 Å². The minimum Gasteiger partial charge on any atom is -0.236 e. The zero-order valence-corrected chi connectivity index (χ0v) is 13.2. The van der Waals surface area contributed by atoms with Crippen LogP contribution in [0.3, 0.4) is 0 Å². The number of hydrogen-bond acceptors (Lipinski definition) is 3. The standard InChI is InChI=1S/C15H15ClN2O2S/c1-11-6-8-18(9-7-11)21(19,20)13-3-4-14-12(10-13)2-5-15(16)17-14/h2-6,10H,7-9H2,1H3. The minimum atomic E-state index is -3.46. The molecule has 0 bridgehead atoms. The van der Waals surface area contributed by atoms with Gasteiger partial charge in [0.25, 0.3) is 0 Å². The topological polar surface area (TPSA) is 50.3 Å². The maximum atomic E-state index is 12.7. The van der Waals surface area contributed by atoms with E-state index in [9.17, 15) is 8.42 Å². The van der Waals surface area contributed by atoms with E-state index in [2.05, 4.69) is 4.98 Å². The molecule has 110 valence electrons. The number of rotatable bonds is 2. The van der Waals surface area contributed by atoms with Gasteiger partial charge in [0.15, 0.2) is 0 Å². The number of sulfonamides is 1. The molecule has 0 saturated carbocycles. The lowest BCUT2D eigenvalue weighted by Crippen LogP contribution is -2.34. The van der Waals surface area contributed by atoms with E-state index in [1.54, 1.807) is 30.3 Å². The summed E-state index contributed by atoms with van der Waals surface area (Å²) in [4.78, 5) is 4.47. The second kappa shape index (κ2) is 5.40. The molecule has 0 saturated heterocycles. The molecule has 2 heterocycles. The lowest BCUT2D eigenvalue weighted by Gasteiger charge is -2.24. The zero-order valence-electron chi connectivity index (χ0n) is 11.6. The number of halogens is 1. The maximum absolute atomic E-state index is 12.7. The van der Waals surface area contributed by atoms with Gasteiger partial charge >= 0.3 is 0 Å². The van der Waals surface area contributed by atoms with E-state index in [4.69, 9.17) is 11.6 Å². The van der Waals surface area contributed by atoms with E-state index >= 15 is 0 Å². The van der Waals surface area contributed by atoms with Crippen molar-refractivity contribution in [2.45, 2.75) is 18.2 Å². The van der Waals surface area contributed by atoms with Crippen LogP contribution in [0.2, 0.25) is 5.15 Å². The van der Waals surface area contributed by atoms with Gasteiger partial charge in [-0.2, -0.15) is 4.31 Å².